The number of rotatable bonds is 9. The van der Waals surface area contributed by atoms with Crippen molar-refractivity contribution in [1.29, 1.82) is 0 Å². The number of aryl methyl sites for hydroxylation is 1. The molecular formula is C28H28N2O5. The van der Waals surface area contributed by atoms with E-state index in [9.17, 15) is 14.7 Å². The molecule has 7 heteroatoms. The first kappa shape index (κ1) is 24.2. The third-order valence-corrected chi connectivity index (χ3v) is 5.95. The Kier molecular flexibility index (Phi) is 6.71. The highest BCUT2D eigenvalue weighted by molar-refractivity contribution is 6.15. The maximum absolute atomic E-state index is 13.3. The van der Waals surface area contributed by atoms with Gasteiger partial charge in [-0.05, 0) is 31.9 Å². The Labute approximate surface area is 203 Å². The smallest absolute Gasteiger partial charge is 0.335 e. The maximum atomic E-state index is 13.3. The van der Waals surface area contributed by atoms with Crippen LogP contribution in [-0.4, -0.2) is 39.1 Å². The van der Waals surface area contributed by atoms with Gasteiger partial charge in [0, 0.05) is 24.4 Å². The molecule has 0 aliphatic carbocycles. The number of ketones is 1. The molecule has 2 aromatic carbocycles. The molecule has 2 heterocycles. The van der Waals surface area contributed by atoms with E-state index in [0.717, 1.165) is 22.2 Å². The van der Waals surface area contributed by atoms with E-state index in [2.05, 4.69) is 4.98 Å². The van der Waals surface area contributed by atoms with E-state index in [1.54, 1.807) is 13.3 Å². The first-order valence-electron chi connectivity index (χ1n) is 11.3. The van der Waals surface area contributed by atoms with Gasteiger partial charge in [-0.25, -0.2) is 9.78 Å². The summed E-state index contributed by atoms with van der Waals surface area (Å²) < 4.78 is 12.9. The highest BCUT2D eigenvalue weighted by Gasteiger charge is 2.27. The van der Waals surface area contributed by atoms with Crippen molar-refractivity contribution in [2.45, 2.75) is 39.5 Å². The molecule has 0 aliphatic heterocycles. The molecule has 0 saturated carbocycles. The van der Waals surface area contributed by atoms with Gasteiger partial charge in [-0.3, -0.25) is 4.79 Å². The van der Waals surface area contributed by atoms with Crippen LogP contribution >= 0.6 is 0 Å². The van der Waals surface area contributed by atoms with Crippen LogP contribution in [0, 0.1) is 6.92 Å². The van der Waals surface area contributed by atoms with Gasteiger partial charge in [0.05, 0.1) is 36.5 Å². The van der Waals surface area contributed by atoms with Crippen LogP contribution in [0.25, 0.3) is 11.0 Å². The van der Waals surface area contributed by atoms with Crippen LogP contribution in [0.5, 0.6) is 5.75 Å². The average Bonchev–Trinajstić information content (AvgIpc) is 3.20. The molecule has 180 valence electrons. The fraction of sp³-hybridized carbons (Fsp3) is 0.250. The number of hydrogen-bond acceptors (Lipinski definition) is 5. The summed E-state index contributed by atoms with van der Waals surface area (Å²) in [5.74, 6) is -0.506. The first-order chi connectivity index (χ1) is 16.7. The molecule has 0 amide bonds. The number of benzene rings is 2. The number of carbonyl (C=O) groups excluding carboxylic acids is 1. The first-order valence-corrected chi connectivity index (χ1v) is 11.3. The monoisotopic (exact) mass is 472 g/mol. The van der Waals surface area contributed by atoms with E-state index in [0.29, 0.717) is 28.9 Å². The summed E-state index contributed by atoms with van der Waals surface area (Å²) >= 11 is 0. The van der Waals surface area contributed by atoms with Crippen LogP contribution in [0.1, 0.15) is 46.5 Å². The van der Waals surface area contributed by atoms with Gasteiger partial charge in [0.1, 0.15) is 5.75 Å². The molecule has 0 unspecified atom stereocenters. The minimum Gasteiger partial charge on any atom is -0.495 e. The van der Waals surface area contributed by atoms with Crippen LogP contribution in [0.15, 0.2) is 67.0 Å². The second-order valence-electron chi connectivity index (χ2n) is 9.03. The Bertz CT molecular complexity index is 1390. The lowest BCUT2D eigenvalue weighted by Gasteiger charge is -2.20. The van der Waals surface area contributed by atoms with Gasteiger partial charge in [-0.15, -0.1) is 0 Å². The zero-order valence-corrected chi connectivity index (χ0v) is 20.2. The van der Waals surface area contributed by atoms with E-state index < -0.39 is 11.6 Å². The summed E-state index contributed by atoms with van der Waals surface area (Å²) in [6, 6.07) is 17.1. The van der Waals surface area contributed by atoms with Gasteiger partial charge in [0.15, 0.2) is 11.4 Å². The fourth-order valence-corrected chi connectivity index (χ4v) is 3.76. The summed E-state index contributed by atoms with van der Waals surface area (Å²) in [5, 5.41) is 9.28. The molecule has 0 bridgehead atoms. The molecule has 0 atom stereocenters. The lowest BCUT2D eigenvalue weighted by atomic mass is 10.0. The van der Waals surface area contributed by atoms with Gasteiger partial charge >= 0.3 is 5.97 Å². The van der Waals surface area contributed by atoms with Crippen LogP contribution < -0.4 is 4.74 Å². The van der Waals surface area contributed by atoms with Crippen molar-refractivity contribution in [2.75, 3.05) is 7.11 Å². The Morgan fingerprint density at radius 1 is 1.06 bits per heavy atom. The lowest BCUT2D eigenvalue weighted by molar-refractivity contribution is -0.162. The van der Waals surface area contributed by atoms with E-state index >= 15 is 0 Å². The van der Waals surface area contributed by atoms with Crippen molar-refractivity contribution in [3.63, 3.8) is 0 Å². The minimum absolute atomic E-state index is 0.0931. The van der Waals surface area contributed by atoms with Gasteiger partial charge in [-0.2, -0.15) is 0 Å². The second kappa shape index (κ2) is 9.72. The van der Waals surface area contributed by atoms with Crippen molar-refractivity contribution >= 4 is 22.8 Å². The minimum atomic E-state index is -1.28. The highest BCUT2D eigenvalue weighted by atomic mass is 16.5. The zero-order chi connectivity index (χ0) is 25.2. The lowest BCUT2D eigenvalue weighted by Crippen LogP contribution is -2.34. The van der Waals surface area contributed by atoms with Crippen molar-refractivity contribution in [3.05, 3.63) is 94.8 Å². The fourth-order valence-electron chi connectivity index (χ4n) is 3.76. The number of ether oxygens (including phenoxy) is 2. The molecule has 7 nitrogen and oxygen atoms in total. The summed E-state index contributed by atoms with van der Waals surface area (Å²) in [6.07, 6.45) is 3.44. The van der Waals surface area contributed by atoms with E-state index in [4.69, 9.17) is 9.47 Å². The molecule has 4 rings (SSSR count). The van der Waals surface area contributed by atoms with Crippen molar-refractivity contribution < 1.29 is 24.2 Å². The van der Waals surface area contributed by atoms with Crippen LogP contribution in [0.2, 0.25) is 0 Å². The summed E-state index contributed by atoms with van der Waals surface area (Å²) in [5.41, 5.74) is 4.17. The highest BCUT2D eigenvalue weighted by Crippen LogP contribution is 2.27. The molecule has 0 spiro atoms. The Hall–Kier alpha value is -3.97. The number of nitrogens with zero attached hydrogens (tertiary/aromatic N) is 2. The second-order valence-corrected chi connectivity index (χ2v) is 9.03. The number of aliphatic carboxylic acids is 1. The number of carboxylic acid groups (broad SMARTS) is 1. The molecule has 0 aliphatic rings. The van der Waals surface area contributed by atoms with Gasteiger partial charge in [-0.1, -0.05) is 54.1 Å². The third kappa shape index (κ3) is 5.25. The zero-order valence-electron chi connectivity index (χ0n) is 20.2. The molecule has 4 aromatic rings. The average molecular weight is 473 g/mol. The van der Waals surface area contributed by atoms with E-state index in [-0.39, 0.29) is 12.4 Å². The van der Waals surface area contributed by atoms with Crippen molar-refractivity contribution in [2.24, 2.45) is 0 Å². The SMILES string of the molecule is COc1cnc2c(C(=O)c3ccc(C)cc3)cn(Cc3cccc(COC(C)(C)C(=O)O)c3)c2c1. The molecule has 0 fully saturated rings. The normalized spacial score (nSPS) is 11.5. The van der Waals surface area contributed by atoms with Crippen LogP contribution in [0.4, 0.5) is 0 Å². The van der Waals surface area contributed by atoms with Crippen LogP contribution in [0.3, 0.4) is 0 Å². The Morgan fingerprint density at radius 3 is 2.46 bits per heavy atom. The molecule has 35 heavy (non-hydrogen) atoms. The summed E-state index contributed by atoms with van der Waals surface area (Å²) in [4.78, 5) is 29.2. The molecule has 2 aromatic heterocycles. The number of hydrogen-bond donors (Lipinski definition) is 1. The summed E-state index contributed by atoms with van der Waals surface area (Å²) in [6.45, 7) is 5.70. The van der Waals surface area contributed by atoms with Gasteiger partial charge in [0.25, 0.3) is 0 Å². The predicted molar refractivity (Wildman–Crippen MR) is 133 cm³/mol. The van der Waals surface area contributed by atoms with Gasteiger partial charge < -0.3 is 19.1 Å². The van der Waals surface area contributed by atoms with Crippen molar-refractivity contribution in [3.8, 4) is 5.75 Å². The van der Waals surface area contributed by atoms with Crippen molar-refractivity contribution in [1.82, 2.24) is 9.55 Å². The predicted octanol–water partition coefficient (Wildman–Crippen LogP) is 5.01. The topological polar surface area (TPSA) is 90.6 Å². The largest absolute Gasteiger partial charge is 0.495 e. The third-order valence-electron chi connectivity index (χ3n) is 5.95. The Morgan fingerprint density at radius 2 is 1.77 bits per heavy atom. The Balaban J connectivity index is 1.67. The number of fused-ring (bicyclic) bond motifs is 1. The van der Waals surface area contributed by atoms with Crippen LogP contribution in [-0.2, 0) is 22.7 Å². The molecule has 1 N–H and O–H groups in total. The van der Waals surface area contributed by atoms with E-state index in [1.807, 2.05) is 72.3 Å². The number of methoxy groups -OCH3 is 1. The van der Waals surface area contributed by atoms with E-state index in [1.165, 1.54) is 13.8 Å². The van der Waals surface area contributed by atoms with Gasteiger partial charge in [0.2, 0.25) is 0 Å². The number of pyridine rings is 1. The number of carbonyl (C=O) groups is 2. The molecule has 0 saturated heterocycles. The maximum Gasteiger partial charge on any atom is 0.335 e. The molecule has 0 radical (unpaired) electrons. The number of carboxylic acids is 1. The number of aromatic nitrogens is 2. The standard InChI is InChI=1S/C28H28N2O5/c1-18-8-10-21(11-9-18)26(31)23-16-30(24-13-22(34-4)14-29-25(23)24)15-19-6-5-7-20(12-19)17-35-28(2,3)27(32)33/h5-14,16H,15,17H2,1-4H3,(H,32,33). The summed E-state index contributed by atoms with van der Waals surface area (Å²) in [7, 11) is 1.58. The molecular weight excluding hydrogens is 444 g/mol. The quantitative estimate of drug-likeness (QED) is 0.344.